The third-order valence-corrected chi connectivity index (χ3v) is 5.58. The standard InChI is InChI=1S/C24H19ClN4O.C2H6/c1-15-5-3-6-16(11-15)22-23(27-14-26-22)17-9-10-20-21(12-17)28(2)24(30)29(20)19-8-4-7-18(25)13-19;1-2/h3-14H,1-2H3,(H,26,27);1-2H3. The Bertz CT molecular complexity index is 1460. The van der Waals surface area contributed by atoms with Gasteiger partial charge in [-0.3, -0.25) is 9.13 Å². The molecule has 0 atom stereocenters. The topological polar surface area (TPSA) is 55.6 Å². The van der Waals surface area contributed by atoms with Gasteiger partial charge in [-0.2, -0.15) is 0 Å². The fourth-order valence-corrected chi connectivity index (χ4v) is 4.07. The number of aromatic amines is 1. The molecule has 0 aliphatic heterocycles. The summed E-state index contributed by atoms with van der Waals surface area (Å²) in [5.41, 5.74) is 7.29. The largest absolute Gasteiger partial charge is 0.344 e. The second kappa shape index (κ2) is 8.89. The number of rotatable bonds is 3. The van der Waals surface area contributed by atoms with Crippen molar-refractivity contribution < 1.29 is 0 Å². The van der Waals surface area contributed by atoms with Gasteiger partial charge in [-0.05, 0) is 43.3 Å². The Balaban J connectivity index is 0.00000119. The zero-order chi connectivity index (χ0) is 22.8. The molecular weight excluding hydrogens is 420 g/mol. The average Bonchev–Trinajstić information content (AvgIpc) is 3.39. The molecule has 0 amide bonds. The Morgan fingerprint density at radius 2 is 1.69 bits per heavy atom. The van der Waals surface area contributed by atoms with Crippen LogP contribution in [0.1, 0.15) is 19.4 Å². The van der Waals surface area contributed by atoms with Gasteiger partial charge in [0.15, 0.2) is 0 Å². The van der Waals surface area contributed by atoms with Crippen molar-refractivity contribution in [2.45, 2.75) is 20.8 Å². The Kier molecular flexibility index (Phi) is 6.01. The van der Waals surface area contributed by atoms with Crippen LogP contribution in [0.15, 0.2) is 77.9 Å². The van der Waals surface area contributed by atoms with E-state index in [0.29, 0.717) is 5.02 Å². The van der Waals surface area contributed by atoms with Crippen LogP contribution in [0.5, 0.6) is 0 Å². The van der Waals surface area contributed by atoms with E-state index in [1.165, 1.54) is 5.56 Å². The number of imidazole rings is 2. The zero-order valence-electron chi connectivity index (χ0n) is 18.6. The first-order chi connectivity index (χ1) is 15.5. The molecule has 0 saturated heterocycles. The van der Waals surface area contributed by atoms with E-state index in [1.807, 2.05) is 50.2 Å². The van der Waals surface area contributed by atoms with Crippen LogP contribution in [0.3, 0.4) is 0 Å². The summed E-state index contributed by atoms with van der Waals surface area (Å²) >= 11 is 6.15. The van der Waals surface area contributed by atoms with Crippen molar-refractivity contribution >= 4 is 22.6 Å². The van der Waals surface area contributed by atoms with E-state index in [0.717, 1.165) is 39.2 Å². The smallest absolute Gasteiger partial charge is 0.333 e. The monoisotopic (exact) mass is 444 g/mol. The summed E-state index contributed by atoms with van der Waals surface area (Å²) in [4.78, 5) is 20.8. The molecular formula is C26H25ClN4O. The molecule has 0 aliphatic carbocycles. The molecule has 2 heterocycles. The van der Waals surface area contributed by atoms with Crippen LogP contribution in [-0.4, -0.2) is 19.1 Å². The lowest BCUT2D eigenvalue weighted by Crippen LogP contribution is -2.20. The Morgan fingerprint density at radius 1 is 0.906 bits per heavy atom. The second-order valence-electron chi connectivity index (χ2n) is 7.36. The van der Waals surface area contributed by atoms with E-state index in [2.05, 4.69) is 35.1 Å². The summed E-state index contributed by atoms with van der Waals surface area (Å²) < 4.78 is 3.34. The quantitative estimate of drug-likeness (QED) is 0.351. The van der Waals surface area contributed by atoms with Crippen LogP contribution in [0.25, 0.3) is 39.2 Å². The van der Waals surface area contributed by atoms with E-state index in [-0.39, 0.29) is 5.69 Å². The molecule has 0 unspecified atom stereocenters. The number of benzene rings is 3. The molecule has 5 rings (SSSR count). The van der Waals surface area contributed by atoms with Gasteiger partial charge in [0.25, 0.3) is 0 Å². The van der Waals surface area contributed by atoms with Crippen molar-refractivity contribution in [1.82, 2.24) is 19.1 Å². The molecule has 0 saturated carbocycles. The van der Waals surface area contributed by atoms with Crippen molar-refractivity contribution in [3.63, 3.8) is 0 Å². The normalized spacial score (nSPS) is 10.8. The van der Waals surface area contributed by atoms with Gasteiger partial charge >= 0.3 is 5.69 Å². The van der Waals surface area contributed by atoms with Gasteiger partial charge < -0.3 is 4.98 Å². The van der Waals surface area contributed by atoms with E-state index in [4.69, 9.17) is 11.6 Å². The van der Waals surface area contributed by atoms with Gasteiger partial charge in [-0.15, -0.1) is 0 Å². The molecule has 32 heavy (non-hydrogen) atoms. The SMILES string of the molecule is CC.Cc1cccc(-c2nc[nH]c2-c2ccc3c(c2)n(C)c(=O)n3-c2cccc(Cl)c2)c1. The maximum Gasteiger partial charge on any atom is 0.333 e. The third kappa shape index (κ3) is 3.76. The number of hydrogen-bond acceptors (Lipinski definition) is 2. The summed E-state index contributed by atoms with van der Waals surface area (Å²) in [5.74, 6) is 0. The summed E-state index contributed by atoms with van der Waals surface area (Å²) in [6, 6.07) is 21.6. The van der Waals surface area contributed by atoms with E-state index < -0.39 is 0 Å². The fraction of sp³-hybridized carbons (Fsp3) is 0.154. The lowest BCUT2D eigenvalue weighted by atomic mass is 10.0. The van der Waals surface area contributed by atoms with Gasteiger partial charge in [0.2, 0.25) is 0 Å². The molecule has 5 aromatic rings. The number of H-pyrrole nitrogens is 1. The summed E-state index contributed by atoms with van der Waals surface area (Å²) in [6.45, 7) is 6.07. The maximum absolute atomic E-state index is 13.0. The number of aromatic nitrogens is 4. The number of halogens is 1. The highest BCUT2D eigenvalue weighted by Gasteiger charge is 2.16. The highest BCUT2D eigenvalue weighted by atomic mass is 35.5. The Morgan fingerprint density at radius 3 is 2.44 bits per heavy atom. The van der Waals surface area contributed by atoms with Crippen molar-refractivity contribution in [3.05, 3.63) is 94.1 Å². The molecule has 162 valence electrons. The van der Waals surface area contributed by atoms with Crippen molar-refractivity contribution in [3.8, 4) is 28.2 Å². The first kappa shape index (κ1) is 21.7. The molecule has 2 aromatic heterocycles. The summed E-state index contributed by atoms with van der Waals surface area (Å²) in [6.07, 6.45) is 1.70. The number of hydrogen-bond donors (Lipinski definition) is 1. The van der Waals surface area contributed by atoms with Gasteiger partial charge in [0.05, 0.1) is 34.4 Å². The van der Waals surface area contributed by atoms with Crippen molar-refractivity contribution in [2.75, 3.05) is 0 Å². The molecule has 0 radical (unpaired) electrons. The number of fused-ring (bicyclic) bond motifs is 1. The molecule has 3 aromatic carbocycles. The molecule has 1 N–H and O–H groups in total. The minimum atomic E-state index is -0.118. The van der Waals surface area contributed by atoms with Gasteiger partial charge in [0, 0.05) is 23.2 Å². The molecule has 5 nitrogen and oxygen atoms in total. The lowest BCUT2D eigenvalue weighted by Gasteiger charge is -2.07. The van der Waals surface area contributed by atoms with Crippen molar-refractivity contribution in [2.24, 2.45) is 7.05 Å². The first-order valence-electron chi connectivity index (χ1n) is 10.6. The predicted octanol–water partition coefficient (Wildman–Crippen LogP) is 6.37. The molecule has 0 bridgehead atoms. The maximum atomic E-state index is 13.0. The molecule has 0 fully saturated rings. The molecule has 0 aliphatic rings. The predicted molar refractivity (Wildman–Crippen MR) is 133 cm³/mol. The Labute approximate surface area is 191 Å². The number of nitrogens with zero attached hydrogens (tertiary/aromatic N) is 3. The van der Waals surface area contributed by atoms with E-state index >= 15 is 0 Å². The van der Waals surface area contributed by atoms with Crippen LogP contribution in [-0.2, 0) is 7.05 Å². The van der Waals surface area contributed by atoms with Gasteiger partial charge in [0.1, 0.15) is 0 Å². The fourth-order valence-electron chi connectivity index (χ4n) is 3.88. The zero-order valence-corrected chi connectivity index (χ0v) is 19.3. The second-order valence-corrected chi connectivity index (χ2v) is 7.79. The minimum absolute atomic E-state index is 0.118. The van der Waals surface area contributed by atoms with E-state index in [1.54, 1.807) is 34.6 Å². The van der Waals surface area contributed by atoms with Gasteiger partial charge in [-0.25, -0.2) is 9.78 Å². The number of aryl methyl sites for hydroxylation is 2. The summed E-state index contributed by atoms with van der Waals surface area (Å²) in [7, 11) is 1.78. The van der Waals surface area contributed by atoms with Gasteiger partial charge in [-0.1, -0.05) is 61.3 Å². The van der Waals surface area contributed by atoms with Crippen molar-refractivity contribution in [1.29, 1.82) is 0 Å². The highest BCUT2D eigenvalue weighted by molar-refractivity contribution is 6.30. The van der Waals surface area contributed by atoms with Crippen LogP contribution in [0.4, 0.5) is 0 Å². The van der Waals surface area contributed by atoms with Crippen LogP contribution in [0.2, 0.25) is 5.02 Å². The summed E-state index contributed by atoms with van der Waals surface area (Å²) in [5, 5.41) is 0.591. The Hall–Kier alpha value is -3.57. The molecule has 0 spiro atoms. The lowest BCUT2D eigenvalue weighted by molar-refractivity contribution is 0.846. The first-order valence-corrected chi connectivity index (χ1v) is 11.0. The van der Waals surface area contributed by atoms with Crippen LogP contribution in [0, 0.1) is 6.92 Å². The van der Waals surface area contributed by atoms with E-state index in [9.17, 15) is 4.79 Å². The highest BCUT2D eigenvalue weighted by Crippen LogP contribution is 2.31. The minimum Gasteiger partial charge on any atom is -0.344 e. The molecule has 6 heteroatoms. The average molecular weight is 445 g/mol. The third-order valence-electron chi connectivity index (χ3n) is 5.34. The van der Waals surface area contributed by atoms with Crippen LogP contribution >= 0.6 is 11.6 Å². The van der Waals surface area contributed by atoms with Crippen LogP contribution < -0.4 is 5.69 Å². The number of nitrogens with one attached hydrogen (secondary N) is 1.